The maximum atomic E-state index is 10.7. The molecule has 2 aromatic rings. The topological polar surface area (TPSA) is 53.8 Å². The van der Waals surface area contributed by atoms with Crippen molar-refractivity contribution in [3.63, 3.8) is 0 Å². The van der Waals surface area contributed by atoms with Gasteiger partial charge in [-0.2, -0.15) is 0 Å². The second kappa shape index (κ2) is 9.08. The monoisotopic (exact) mass is 327 g/mol. The lowest BCUT2D eigenvalue weighted by molar-refractivity contribution is -0.935. The number of benzene rings is 2. The molecule has 0 bridgehead atoms. The summed E-state index contributed by atoms with van der Waals surface area (Å²) in [6.07, 6.45) is 0.947. The first-order chi connectivity index (χ1) is 11.6. The van der Waals surface area contributed by atoms with E-state index in [0.717, 1.165) is 19.5 Å². The molecule has 0 fully saturated rings. The summed E-state index contributed by atoms with van der Waals surface area (Å²) < 4.78 is 5.69. The summed E-state index contributed by atoms with van der Waals surface area (Å²) in [6.45, 7) is 7.13. The van der Waals surface area contributed by atoms with E-state index < -0.39 is 5.97 Å². The third-order valence-electron chi connectivity index (χ3n) is 4.09. The zero-order valence-electron chi connectivity index (χ0n) is 14.3. The summed E-state index contributed by atoms with van der Waals surface area (Å²) in [6, 6.07) is 17.4. The number of ether oxygens (including phenoxy) is 1. The minimum absolute atomic E-state index is 0.167. The number of quaternary nitrogens is 1. The molecule has 0 spiro atoms. The molecule has 24 heavy (non-hydrogen) atoms. The number of carboxylic acid groups (broad SMARTS) is 1. The lowest BCUT2D eigenvalue weighted by Crippen LogP contribution is -3.13. The zero-order chi connectivity index (χ0) is 17.4. The van der Waals surface area contributed by atoms with Crippen LogP contribution in [0.15, 0.2) is 54.6 Å². The van der Waals surface area contributed by atoms with Gasteiger partial charge in [0.15, 0.2) is 0 Å². The van der Waals surface area contributed by atoms with Crippen molar-refractivity contribution in [1.29, 1.82) is 0 Å². The van der Waals surface area contributed by atoms with Crippen LogP contribution in [0.25, 0.3) is 0 Å². The lowest BCUT2D eigenvalue weighted by Gasteiger charge is -2.23. The fourth-order valence-electron chi connectivity index (χ4n) is 2.62. The summed E-state index contributed by atoms with van der Waals surface area (Å²) in [5.41, 5.74) is 1.51. The fourth-order valence-corrected chi connectivity index (χ4v) is 2.62. The standard InChI is InChI=1S/C20H25NO3/c1-16(2)21(15-17-7-4-3-5-8-17)13-6-14-24-19-11-9-18(10-12-19)20(22)23/h3-5,7-12,16H,6,13-15H2,1-2H3,(H,22,23). The van der Waals surface area contributed by atoms with E-state index in [9.17, 15) is 9.90 Å². The molecule has 1 N–H and O–H groups in total. The smallest absolute Gasteiger partial charge is 0.119 e. The normalized spacial score (nSPS) is 12.1. The molecule has 1 unspecified atom stereocenters. The summed E-state index contributed by atoms with van der Waals surface area (Å²) in [5.74, 6) is -0.479. The molecule has 0 aliphatic heterocycles. The van der Waals surface area contributed by atoms with E-state index in [0.29, 0.717) is 18.4 Å². The second-order valence-corrected chi connectivity index (χ2v) is 6.24. The Morgan fingerprint density at radius 1 is 1.08 bits per heavy atom. The SMILES string of the molecule is CC(C)[NH+](CCCOc1ccc(C(=O)[O-])cc1)Cc1ccccc1. The molecule has 0 aliphatic rings. The van der Waals surface area contributed by atoms with Gasteiger partial charge in [-0.05, 0) is 43.7 Å². The average molecular weight is 327 g/mol. The third kappa shape index (κ3) is 5.70. The van der Waals surface area contributed by atoms with Crippen LogP contribution in [0.5, 0.6) is 5.75 Å². The van der Waals surface area contributed by atoms with E-state index in [2.05, 4.69) is 38.1 Å². The first kappa shape index (κ1) is 18.0. The first-order valence-corrected chi connectivity index (χ1v) is 8.39. The number of carbonyl (C=O) groups is 1. The highest BCUT2D eigenvalue weighted by atomic mass is 16.5. The number of carbonyl (C=O) groups excluding carboxylic acids is 1. The maximum Gasteiger partial charge on any atom is 0.119 e. The van der Waals surface area contributed by atoms with E-state index >= 15 is 0 Å². The van der Waals surface area contributed by atoms with Crippen molar-refractivity contribution in [2.45, 2.75) is 32.9 Å². The van der Waals surface area contributed by atoms with Crippen molar-refractivity contribution in [1.82, 2.24) is 0 Å². The minimum Gasteiger partial charge on any atom is -0.545 e. The number of carboxylic acids is 1. The molecule has 0 radical (unpaired) electrons. The van der Waals surface area contributed by atoms with Crippen molar-refractivity contribution in [2.24, 2.45) is 0 Å². The van der Waals surface area contributed by atoms with Crippen LogP contribution in [-0.4, -0.2) is 25.2 Å². The third-order valence-corrected chi connectivity index (χ3v) is 4.09. The van der Waals surface area contributed by atoms with Gasteiger partial charge in [-0.3, -0.25) is 0 Å². The van der Waals surface area contributed by atoms with E-state index in [1.165, 1.54) is 22.6 Å². The molecule has 0 amide bonds. The Bertz CT molecular complexity index is 623. The van der Waals surface area contributed by atoms with Crippen LogP contribution in [0, 0.1) is 0 Å². The van der Waals surface area contributed by atoms with Crippen molar-refractivity contribution in [3.8, 4) is 5.75 Å². The largest absolute Gasteiger partial charge is 0.545 e. The summed E-state index contributed by atoms with van der Waals surface area (Å²) in [7, 11) is 0. The molecular weight excluding hydrogens is 302 g/mol. The Hall–Kier alpha value is -2.33. The number of nitrogens with one attached hydrogen (secondary N) is 1. The molecule has 4 heteroatoms. The highest BCUT2D eigenvalue weighted by Gasteiger charge is 2.13. The van der Waals surface area contributed by atoms with Crippen LogP contribution in [0.4, 0.5) is 0 Å². The van der Waals surface area contributed by atoms with Crippen LogP contribution >= 0.6 is 0 Å². The first-order valence-electron chi connectivity index (χ1n) is 8.39. The van der Waals surface area contributed by atoms with Gasteiger partial charge in [-0.25, -0.2) is 0 Å². The molecule has 0 aliphatic carbocycles. The maximum absolute atomic E-state index is 10.7. The lowest BCUT2D eigenvalue weighted by atomic mass is 10.2. The van der Waals surface area contributed by atoms with Crippen LogP contribution in [-0.2, 0) is 6.54 Å². The molecule has 128 valence electrons. The van der Waals surface area contributed by atoms with Crippen LogP contribution in [0.2, 0.25) is 0 Å². The quantitative estimate of drug-likeness (QED) is 0.707. The van der Waals surface area contributed by atoms with Crippen LogP contribution in [0.3, 0.4) is 0 Å². The molecule has 0 heterocycles. The van der Waals surface area contributed by atoms with E-state index in [-0.39, 0.29) is 5.56 Å². The molecule has 2 rings (SSSR count). The molecule has 0 saturated carbocycles. The van der Waals surface area contributed by atoms with Gasteiger partial charge in [0.1, 0.15) is 12.3 Å². The Balaban J connectivity index is 1.77. The number of rotatable bonds is 9. The summed E-state index contributed by atoms with van der Waals surface area (Å²) in [4.78, 5) is 12.2. The Morgan fingerprint density at radius 2 is 1.75 bits per heavy atom. The molecule has 4 nitrogen and oxygen atoms in total. The highest BCUT2D eigenvalue weighted by molar-refractivity contribution is 5.85. The van der Waals surface area contributed by atoms with Gasteiger partial charge in [0.05, 0.1) is 25.2 Å². The van der Waals surface area contributed by atoms with Crippen molar-refractivity contribution in [2.75, 3.05) is 13.2 Å². The Morgan fingerprint density at radius 3 is 2.33 bits per heavy atom. The van der Waals surface area contributed by atoms with E-state index in [1.54, 1.807) is 12.1 Å². The molecule has 2 aromatic carbocycles. The number of aromatic carboxylic acids is 1. The van der Waals surface area contributed by atoms with Crippen LogP contribution < -0.4 is 14.7 Å². The molecular formula is C20H25NO3. The predicted octanol–water partition coefficient (Wildman–Crippen LogP) is 1.31. The zero-order valence-corrected chi connectivity index (χ0v) is 14.3. The molecule has 0 aromatic heterocycles. The van der Waals surface area contributed by atoms with Gasteiger partial charge < -0.3 is 19.5 Å². The van der Waals surface area contributed by atoms with Gasteiger partial charge >= 0.3 is 0 Å². The van der Waals surface area contributed by atoms with Crippen molar-refractivity contribution in [3.05, 3.63) is 65.7 Å². The minimum atomic E-state index is -1.17. The molecule has 0 saturated heterocycles. The summed E-state index contributed by atoms with van der Waals surface area (Å²) in [5, 5.41) is 10.7. The van der Waals surface area contributed by atoms with Gasteiger partial charge in [0.2, 0.25) is 0 Å². The van der Waals surface area contributed by atoms with Crippen LogP contribution in [0.1, 0.15) is 36.2 Å². The van der Waals surface area contributed by atoms with Gasteiger partial charge in [0, 0.05) is 12.0 Å². The van der Waals surface area contributed by atoms with Crippen molar-refractivity contribution >= 4 is 5.97 Å². The summed E-state index contributed by atoms with van der Waals surface area (Å²) >= 11 is 0. The van der Waals surface area contributed by atoms with Crippen molar-refractivity contribution < 1.29 is 19.5 Å². The second-order valence-electron chi connectivity index (χ2n) is 6.24. The number of hydrogen-bond acceptors (Lipinski definition) is 3. The predicted molar refractivity (Wildman–Crippen MR) is 92.0 cm³/mol. The Kier molecular flexibility index (Phi) is 6.82. The van der Waals surface area contributed by atoms with E-state index in [1.807, 2.05) is 6.07 Å². The van der Waals surface area contributed by atoms with Gasteiger partial charge in [0.25, 0.3) is 0 Å². The van der Waals surface area contributed by atoms with Gasteiger partial charge in [-0.1, -0.05) is 30.3 Å². The van der Waals surface area contributed by atoms with Gasteiger partial charge in [-0.15, -0.1) is 0 Å². The number of hydrogen-bond donors (Lipinski definition) is 1. The van der Waals surface area contributed by atoms with E-state index in [4.69, 9.17) is 4.74 Å². The molecule has 1 atom stereocenters. The Labute approximate surface area is 143 Å². The average Bonchev–Trinajstić information content (AvgIpc) is 2.58. The fraction of sp³-hybridized carbons (Fsp3) is 0.350. The highest BCUT2D eigenvalue weighted by Crippen LogP contribution is 2.11.